The minimum absolute atomic E-state index is 0.342. The molecule has 0 spiro atoms. The van der Waals surface area contributed by atoms with E-state index in [1.807, 2.05) is 48.5 Å². The minimum atomic E-state index is -0.411. The number of halogens is 2. The third kappa shape index (κ3) is 2.23. The molecule has 0 amide bonds. The van der Waals surface area contributed by atoms with E-state index in [4.69, 9.17) is 28.2 Å². The van der Waals surface area contributed by atoms with E-state index in [2.05, 4.69) is 19.2 Å². The maximum atomic E-state index is 6.00. The molecule has 0 aromatic heterocycles. The summed E-state index contributed by atoms with van der Waals surface area (Å²) in [7, 11) is 0. The maximum absolute atomic E-state index is 6.00. The van der Waals surface area contributed by atoms with E-state index in [1.54, 1.807) is 6.34 Å². The van der Waals surface area contributed by atoms with Gasteiger partial charge in [-0.05, 0) is 49.2 Å². The molecule has 1 aliphatic heterocycles. The molecule has 2 nitrogen and oxygen atoms in total. The molecule has 3 rings (SSSR count). The quantitative estimate of drug-likeness (QED) is 0.848. The van der Waals surface area contributed by atoms with Gasteiger partial charge < -0.3 is 5.32 Å². The van der Waals surface area contributed by atoms with Crippen LogP contribution in [-0.4, -0.2) is 6.34 Å². The van der Waals surface area contributed by atoms with Crippen molar-refractivity contribution < 1.29 is 0 Å². The van der Waals surface area contributed by atoms with Gasteiger partial charge in [0.25, 0.3) is 0 Å². The van der Waals surface area contributed by atoms with Crippen LogP contribution >= 0.6 is 23.2 Å². The van der Waals surface area contributed by atoms with Crippen LogP contribution < -0.4 is 5.32 Å². The monoisotopic (exact) mass is 318 g/mol. The summed E-state index contributed by atoms with van der Waals surface area (Å²) in [4.78, 5) is 4.71. The van der Waals surface area contributed by atoms with Crippen molar-refractivity contribution in [3.05, 3.63) is 69.7 Å². The first-order valence-corrected chi connectivity index (χ1v) is 7.55. The fraction of sp³-hybridized carbons (Fsp3) is 0.235. The van der Waals surface area contributed by atoms with Gasteiger partial charge in [0, 0.05) is 10.0 Å². The molecule has 2 atom stereocenters. The summed E-state index contributed by atoms with van der Waals surface area (Å²) in [5.74, 6) is 0. The third-order valence-corrected chi connectivity index (χ3v) is 4.98. The largest absolute Gasteiger partial charge is 0.364 e. The van der Waals surface area contributed by atoms with Crippen molar-refractivity contribution in [1.29, 1.82) is 0 Å². The summed E-state index contributed by atoms with van der Waals surface area (Å²) >= 11 is 12.0. The number of nitrogens with zero attached hydrogens (tertiary/aromatic N) is 1. The van der Waals surface area contributed by atoms with Crippen LogP contribution in [0.15, 0.2) is 53.5 Å². The van der Waals surface area contributed by atoms with Crippen molar-refractivity contribution >= 4 is 29.5 Å². The third-order valence-electron chi connectivity index (χ3n) is 4.48. The van der Waals surface area contributed by atoms with E-state index >= 15 is 0 Å². The molecule has 1 heterocycles. The molecular weight excluding hydrogens is 303 g/mol. The molecule has 0 bridgehead atoms. The fourth-order valence-electron chi connectivity index (χ4n) is 2.85. The Kier molecular flexibility index (Phi) is 3.46. The number of hydrogen-bond acceptors (Lipinski definition) is 2. The van der Waals surface area contributed by atoms with Crippen LogP contribution in [0, 0.1) is 0 Å². The van der Waals surface area contributed by atoms with Crippen LogP contribution in [0.3, 0.4) is 0 Å². The molecule has 0 radical (unpaired) electrons. The van der Waals surface area contributed by atoms with Gasteiger partial charge in [-0.1, -0.05) is 47.5 Å². The second kappa shape index (κ2) is 5.04. The lowest BCUT2D eigenvalue weighted by molar-refractivity contribution is 0.269. The topological polar surface area (TPSA) is 24.4 Å². The van der Waals surface area contributed by atoms with Crippen LogP contribution in [0.5, 0.6) is 0 Å². The lowest BCUT2D eigenvalue weighted by Crippen LogP contribution is -2.48. The lowest BCUT2D eigenvalue weighted by atomic mass is 9.72. The zero-order valence-corrected chi connectivity index (χ0v) is 13.4. The molecule has 1 aliphatic rings. The highest BCUT2D eigenvalue weighted by Crippen LogP contribution is 2.45. The number of hydrogen-bond donors (Lipinski definition) is 1. The van der Waals surface area contributed by atoms with Gasteiger partial charge in [0.2, 0.25) is 0 Å². The molecule has 0 aliphatic carbocycles. The summed E-state index contributed by atoms with van der Waals surface area (Å²) in [6.45, 7) is 4.28. The molecule has 2 aromatic carbocycles. The average Bonchev–Trinajstić information content (AvgIpc) is 2.78. The van der Waals surface area contributed by atoms with Gasteiger partial charge in [-0.15, -0.1) is 0 Å². The Labute approximate surface area is 134 Å². The number of benzene rings is 2. The normalized spacial score (nSPS) is 27.6. The molecular formula is C17H16Cl2N2. The fourth-order valence-corrected chi connectivity index (χ4v) is 3.10. The van der Waals surface area contributed by atoms with E-state index < -0.39 is 5.54 Å². The summed E-state index contributed by atoms with van der Waals surface area (Å²) in [6.07, 6.45) is 1.78. The van der Waals surface area contributed by atoms with Crippen molar-refractivity contribution in [2.75, 3.05) is 0 Å². The average molecular weight is 319 g/mol. The highest BCUT2D eigenvalue weighted by Gasteiger charge is 2.49. The molecule has 1 N–H and O–H groups in total. The van der Waals surface area contributed by atoms with Gasteiger partial charge in [-0.3, -0.25) is 4.99 Å². The van der Waals surface area contributed by atoms with Gasteiger partial charge in [-0.25, -0.2) is 0 Å². The lowest BCUT2D eigenvalue weighted by Gasteiger charge is -2.40. The summed E-state index contributed by atoms with van der Waals surface area (Å²) < 4.78 is 0. The van der Waals surface area contributed by atoms with Crippen LogP contribution in [0.1, 0.15) is 25.0 Å². The van der Waals surface area contributed by atoms with Crippen molar-refractivity contribution in [1.82, 2.24) is 5.32 Å². The van der Waals surface area contributed by atoms with Gasteiger partial charge in [0.15, 0.2) is 0 Å². The van der Waals surface area contributed by atoms with Crippen molar-refractivity contribution in [2.24, 2.45) is 4.99 Å². The Morgan fingerprint density at radius 3 is 1.81 bits per heavy atom. The van der Waals surface area contributed by atoms with Gasteiger partial charge in [0.05, 0.1) is 11.9 Å². The predicted molar refractivity (Wildman–Crippen MR) is 89.2 cm³/mol. The molecule has 108 valence electrons. The first-order chi connectivity index (χ1) is 9.96. The Morgan fingerprint density at radius 2 is 1.29 bits per heavy atom. The Balaban J connectivity index is 2.10. The van der Waals surface area contributed by atoms with Gasteiger partial charge in [0.1, 0.15) is 5.54 Å². The Morgan fingerprint density at radius 1 is 0.810 bits per heavy atom. The molecule has 2 unspecified atom stereocenters. The standard InChI is InChI=1S/C17H16Cl2N2/c1-16(12-3-7-14(18)8-4-12)17(2,21-11-20-16)13-5-9-15(19)10-6-13/h3-11H,1-2H3,(H,20,21). The zero-order valence-electron chi connectivity index (χ0n) is 11.9. The van der Waals surface area contributed by atoms with Crippen LogP contribution in [0.25, 0.3) is 0 Å². The van der Waals surface area contributed by atoms with Crippen molar-refractivity contribution in [2.45, 2.75) is 24.9 Å². The van der Waals surface area contributed by atoms with Crippen LogP contribution in [0.4, 0.5) is 0 Å². The number of rotatable bonds is 2. The summed E-state index contributed by atoms with van der Waals surface area (Å²) in [5.41, 5.74) is 1.50. The SMILES string of the molecule is CC1(c2ccc(Cl)cc2)N=CNC1(C)c1ccc(Cl)cc1. The first kappa shape index (κ1) is 14.4. The number of aliphatic imine (C=N–C) groups is 1. The van der Waals surface area contributed by atoms with Crippen molar-refractivity contribution in [3.8, 4) is 0 Å². The summed E-state index contributed by atoms with van der Waals surface area (Å²) in [6, 6.07) is 15.8. The highest BCUT2D eigenvalue weighted by atomic mass is 35.5. The molecule has 21 heavy (non-hydrogen) atoms. The van der Waals surface area contributed by atoms with Crippen molar-refractivity contribution in [3.63, 3.8) is 0 Å². The van der Waals surface area contributed by atoms with Gasteiger partial charge in [-0.2, -0.15) is 0 Å². The first-order valence-electron chi connectivity index (χ1n) is 6.79. The molecule has 4 heteroatoms. The Hall–Kier alpha value is -1.51. The number of nitrogens with one attached hydrogen (secondary N) is 1. The molecule has 2 aromatic rings. The molecule has 0 saturated heterocycles. The Bertz CT molecular complexity index is 679. The zero-order chi connectivity index (χ0) is 15.1. The molecule has 0 saturated carbocycles. The second-order valence-electron chi connectivity index (χ2n) is 5.61. The molecule has 0 fully saturated rings. The minimum Gasteiger partial charge on any atom is -0.364 e. The van der Waals surface area contributed by atoms with E-state index in [0.717, 1.165) is 21.2 Å². The van der Waals surface area contributed by atoms with E-state index in [-0.39, 0.29) is 5.54 Å². The van der Waals surface area contributed by atoms with Crippen LogP contribution in [-0.2, 0) is 11.1 Å². The van der Waals surface area contributed by atoms with Crippen LogP contribution in [0.2, 0.25) is 10.0 Å². The maximum Gasteiger partial charge on any atom is 0.111 e. The smallest absolute Gasteiger partial charge is 0.111 e. The van der Waals surface area contributed by atoms with Gasteiger partial charge >= 0.3 is 0 Å². The predicted octanol–water partition coefficient (Wildman–Crippen LogP) is 4.76. The van der Waals surface area contributed by atoms with E-state index in [1.165, 1.54) is 0 Å². The highest BCUT2D eigenvalue weighted by molar-refractivity contribution is 6.30. The second-order valence-corrected chi connectivity index (χ2v) is 6.49. The summed E-state index contributed by atoms with van der Waals surface area (Å²) in [5, 5.41) is 4.86. The van der Waals surface area contributed by atoms with E-state index in [0.29, 0.717) is 0 Å². The van der Waals surface area contributed by atoms with E-state index in [9.17, 15) is 0 Å².